The van der Waals surface area contributed by atoms with E-state index in [0.29, 0.717) is 19.6 Å². The lowest BCUT2D eigenvalue weighted by Crippen LogP contribution is -2.08. The van der Waals surface area contributed by atoms with Crippen LogP contribution < -0.4 is 9.47 Å². The zero-order valence-corrected chi connectivity index (χ0v) is 16.9. The number of ether oxygens (including phenoxy) is 2. The number of aliphatic imine (C=N–C) groups is 1. The molecule has 6 nitrogen and oxygen atoms in total. The lowest BCUT2D eigenvalue weighted by molar-refractivity contribution is -0.132. The second-order valence-corrected chi connectivity index (χ2v) is 7.31. The first-order chi connectivity index (χ1) is 14.5. The number of benzene rings is 2. The molecule has 0 unspecified atom stereocenters. The van der Waals surface area contributed by atoms with Crippen LogP contribution in [0.4, 0.5) is 0 Å². The quantitative estimate of drug-likeness (QED) is 0.798. The number of aliphatic hydroxyl groups excluding tert-OH is 1. The van der Waals surface area contributed by atoms with Crippen LogP contribution in [-0.4, -0.2) is 42.7 Å². The Balaban J connectivity index is 1.95. The van der Waals surface area contributed by atoms with E-state index in [1.54, 1.807) is 7.11 Å². The third kappa shape index (κ3) is 3.56. The number of allylic oxidation sites excluding steroid dienone is 2. The fourth-order valence-corrected chi connectivity index (χ4v) is 4.01. The van der Waals surface area contributed by atoms with Crippen LogP contribution in [0, 0.1) is 0 Å². The smallest absolute Gasteiger partial charge is 0.341 e. The Morgan fingerprint density at radius 1 is 1.17 bits per heavy atom. The number of rotatable bonds is 3. The monoisotopic (exact) mass is 405 g/mol. The van der Waals surface area contributed by atoms with E-state index in [1.807, 2.05) is 31.2 Å². The normalized spacial score (nSPS) is 15.7. The number of methoxy groups -OCH3 is 1. The van der Waals surface area contributed by atoms with E-state index in [0.717, 1.165) is 51.3 Å². The molecular formula is C24H23NO5. The molecule has 0 bridgehead atoms. The summed E-state index contributed by atoms with van der Waals surface area (Å²) in [6.45, 7) is 2.92. The average molecular weight is 405 g/mol. The highest BCUT2D eigenvalue weighted by molar-refractivity contribution is 6.09. The first-order valence-electron chi connectivity index (χ1n) is 9.80. The van der Waals surface area contributed by atoms with Crippen molar-refractivity contribution in [3.63, 3.8) is 0 Å². The number of carbonyl (C=O) groups is 1. The standard InChI is InChI=1S/C24H23NO5/c1-14-10-22(26)21(24(27)28)13-25-8-6-17-18-7-9-30-23(18)20(12-19(14)17)15-4-3-5-16(11-15)29-2/h3-5,10-13,26H,6-9H2,1-2H3,(H,27,28). The van der Waals surface area contributed by atoms with E-state index in [-0.39, 0.29) is 11.3 Å². The largest absolute Gasteiger partial charge is 0.507 e. The van der Waals surface area contributed by atoms with Gasteiger partial charge in [0.1, 0.15) is 22.8 Å². The fourth-order valence-electron chi connectivity index (χ4n) is 4.01. The molecule has 154 valence electrons. The molecule has 2 N–H and O–H groups in total. The van der Waals surface area contributed by atoms with Crippen molar-refractivity contribution in [2.45, 2.75) is 19.8 Å². The van der Waals surface area contributed by atoms with Crippen molar-refractivity contribution in [2.75, 3.05) is 20.3 Å². The van der Waals surface area contributed by atoms with Gasteiger partial charge in [0.05, 0.1) is 13.7 Å². The van der Waals surface area contributed by atoms with Crippen LogP contribution in [0.25, 0.3) is 16.7 Å². The van der Waals surface area contributed by atoms with Crippen molar-refractivity contribution >= 4 is 17.8 Å². The number of carboxylic acids is 1. The van der Waals surface area contributed by atoms with Crippen molar-refractivity contribution in [2.24, 2.45) is 4.99 Å². The summed E-state index contributed by atoms with van der Waals surface area (Å²) in [5.74, 6) is 0.117. The first-order valence-corrected chi connectivity index (χ1v) is 9.80. The van der Waals surface area contributed by atoms with Crippen molar-refractivity contribution in [3.8, 4) is 22.6 Å². The SMILES string of the molecule is COc1cccc(-c2cc3c(c4c2OCC4)CCN=CC(C(=O)O)=C(O)C=C3C)c1. The highest BCUT2D eigenvalue weighted by Gasteiger charge is 2.25. The lowest BCUT2D eigenvalue weighted by atomic mass is 9.87. The molecule has 2 heterocycles. The third-order valence-corrected chi connectivity index (χ3v) is 5.47. The van der Waals surface area contributed by atoms with Gasteiger partial charge >= 0.3 is 5.97 Å². The highest BCUT2D eigenvalue weighted by Crippen LogP contribution is 2.43. The Morgan fingerprint density at radius 3 is 2.77 bits per heavy atom. The highest BCUT2D eigenvalue weighted by atomic mass is 16.5. The second kappa shape index (κ2) is 8.06. The Kier molecular flexibility index (Phi) is 5.31. The van der Waals surface area contributed by atoms with Crippen molar-refractivity contribution in [1.29, 1.82) is 0 Å². The van der Waals surface area contributed by atoms with Gasteiger partial charge in [-0.3, -0.25) is 4.99 Å². The van der Waals surface area contributed by atoms with Crippen LogP contribution in [0.5, 0.6) is 11.5 Å². The van der Waals surface area contributed by atoms with Gasteiger partial charge < -0.3 is 19.7 Å². The molecule has 0 saturated heterocycles. The van der Waals surface area contributed by atoms with E-state index >= 15 is 0 Å². The zero-order chi connectivity index (χ0) is 21.3. The van der Waals surface area contributed by atoms with Gasteiger partial charge in [-0.25, -0.2) is 4.79 Å². The summed E-state index contributed by atoms with van der Waals surface area (Å²) in [7, 11) is 1.63. The molecule has 2 aliphatic rings. The molecule has 0 radical (unpaired) electrons. The number of aliphatic hydroxyl groups is 1. The number of aliphatic carboxylic acids is 1. The Bertz CT molecular complexity index is 1110. The van der Waals surface area contributed by atoms with E-state index < -0.39 is 5.97 Å². The molecule has 0 amide bonds. The van der Waals surface area contributed by atoms with Gasteiger partial charge in [-0.15, -0.1) is 0 Å². The van der Waals surface area contributed by atoms with Crippen molar-refractivity contribution < 1.29 is 24.5 Å². The summed E-state index contributed by atoms with van der Waals surface area (Å²) in [5.41, 5.74) is 5.75. The van der Waals surface area contributed by atoms with Crippen LogP contribution in [0.2, 0.25) is 0 Å². The average Bonchev–Trinajstić information content (AvgIpc) is 3.22. The number of hydrogen-bond donors (Lipinski definition) is 2. The molecule has 0 atom stereocenters. The molecule has 2 aromatic carbocycles. The summed E-state index contributed by atoms with van der Waals surface area (Å²) >= 11 is 0. The predicted octanol–water partition coefficient (Wildman–Crippen LogP) is 4.22. The fraction of sp³-hybridized carbons (Fsp3) is 0.250. The summed E-state index contributed by atoms with van der Waals surface area (Å²) in [6.07, 6.45) is 4.19. The van der Waals surface area contributed by atoms with Gasteiger partial charge in [-0.05, 0) is 59.9 Å². The maximum atomic E-state index is 11.5. The minimum Gasteiger partial charge on any atom is -0.507 e. The van der Waals surface area contributed by atoms with Crippen molar-refractivity contribution in [1.82, 2.24) is 0 Å². The summed E-state index contributed by atoms with van der Waals surface area (Å²) < 4.78 is 11.4. The minimum atomic E-state index is -1.21. The summed E-state index contributed by atoms with van der Waals surface area (Å²) in [5, 5.41) is 19.8. The number of nitrogens with zero attached hydrogens (tertiary/aromatic N) is 1. The van der Waals surface area contributed by atoms with Crippen LogP contribution >= 0.6 is 0 Å². The molecule has 30 heavy (non-hydrogen) atoms. The zero-order valence-electron chi connectivity index (χ0n) is 16.9. The van der Waals surface area contributed by atoms with Crippen LogP contribution in [0.3, 0.4) is 0 Å². The van der Waals surface area contributed by atoms with E-state index in [2.05, 4.69) is 11.1 Å². The van der Waals surface area contributed by atoms with Crippen molar-refractivity contribution in [3.05, 3.63) is 64.4 Å². The van der Waals surface area contributed by atoms with Gasteiger partial charge in [-0.1, -0.05) is 12.1 Å². The second-order valence-electron chi connectivity index (χ2n) is 7.31. The van der Waals surface area contributed by atoms with Gasteiger partial charge in [0, 0.05) is 30.3 Å². The number of fused-ring (bicyclic) bond motifs is 3. The summed E-state index contributed by atoms with van der Waals surface area (Å²) in [6, 6.07) is 9.86. The Labute approximate surface area is 174 Å². The molecule has 2 aromatic rings. The van der Waals surface area contributed by atoms with Gasteiger partial charge in [0.15, 0.2) is 0 Å². The minimum absolute atomic E-state index is 0.213. The first kappa shape index (κ1) is 19.8. The summed E-state index contributed by atoms with van der Waals surface area (Å²) in [4.78, 5) is 15.7. The van der Waals surface area contributed by atoms with Crippen LogP contribution in [0.15, 0.2) is 52.7 Å². The molecule has 0 aromatic heterocycles. The maximum Gasteiger partial charge on any atom is 0.341 e. The predicted molar refractivity (Wildman–Crippen MR) is 116 cm³/mol. The molecule has 0 fully saturated rings. The molecule has 0 aliphatic carbocycles. The third-order valence-electron chi connectivity index (χ3n) is 5.47. The van der Waals surface area contributed by atoms with Gasteiger partial charge in [0.25, 0.3) is 0 Å². The van der Waals surface area contributed by atoms with Gasteiger partial charge in [-0.2, -0.15) is 0 Å². The molecule has 0 spiro atoms. The molecular weight excluding hydrogens is 382 g/mol. The lowest BCUT2D eigenvalue weighted by Gasteiger charge is -2.19. The van der Waals surface area contributed by atoms with E-state index in [4.69, 9.17) is 9.47 Å². The van der Waals surface area contributed by atoms with Crippen LogP contribution in [0.1, 0.15) is 23.6 Å². The molecule has 6 heteroatoms. The van der Waals surface area contributed by atoms with Crippen LogP contribution in [-0.2, 0) is 17.6 Å². The van der Waals surface area contributed by atoms with E-state index in [1.165, 1.54) is 12.3 Å². The molecule has 0 saturated carbocycles. The van der Waals surface area contributed by atoms with Gasteiger partial charge in [0.2, 0.25) is 0 Å². The molecule has 4 rings (SSSR count). The maximum absolute atomic E-state index is 11.5. The Hall–Kier alpha value is -3.54. The molecule has 2 aliphatic heterocycles. The Morgan fingerprint density at radius 2 is 2.00 bits per heavy atom. The number of carboxylic acid groups (broad SMARTS) is 1. The topological polar surface area (TPSA) is 88.4 Å². The van der Waals surface area contributed by atoms with E-state index in [9.17, 15) is 15.0 Å². The number of hydrogen-bond acceptors (Lipinski definition) is 5.